The highest BCUT2D eigenvalue weighted by molar-refractivity contribution is 5.74. The van der Waals surface area contributed by atoms with Crippen molar-refractivity contribution in [3.8, 4) is 11.5 Å². The summed E-state index contributed by atoms with van der Waals surface area (Å²) in [5, 5.41) is 0. The minimum absolute atomic E-state index is 0.676. The van der Waals surface area contributed by atoms with Crippen LogP contribution in [-0.4, -0.2) is 19.5 Å². The van der Waals surface area contributed by atoms with Gasteiger partial charge in [-0.15, -0.1) is 0 Å². The lowest BCUT2D eigenvalue weighted by molar-refractivity contribution is 0.112. The minimum Gasteiger partial charge on any atom is -0.494 e. The number of carbonyl (C=O) groups is 1. The summed E-state index contributed by atoms with van der Waals surface area (Å²) in [6, 6.07) is 17.2. The SMILES string of the molecule is O=Cc1ccc(OCCCCCCCOc2ccccc2)cc1. The van der Waals surface area contributed by atoms with Crippen molar-refractivity contribution in [2.24, 2.45) is 0 Å². The Bertz CT molecular complexity index is 549. The fraction of sp³-hybridized carbons (Fsp3) is 0.350. The number of rotatable bonds is 11. The molecule has 0 amide bonds. The first-order valence-corrected chi connectivity index (χ1v) is 8.24. The number of hydrogen-bond donors (Lipinski definition) is 0. The van der Waals surface area contributed by atoms with E-state index in [1.54, 1.807) is 12.1 Å². The Balaban J connectivity index is 1.44. The zero-order chi connectivity index (χ0) is 16.2. The molecule has 23 heavy (non-hydrogen) atoms. The van der Waals surface area contributed by atoms with Crippen molar-refractivity contribution in [2.75, 3.05) is 13.2 Å². The summed E-state index contributed by atoms with van der Waals surface area (Å²) in [5.41, 5.74) is 0.676. The maximum absolute atomic E-state index is 10.6. The molecular formula is C20H24O3. The van der Waals surface area contributed by atoms with Crippen molar-refractivity contribution < 1.29 is 14.3 Å². The van der Waals surface area contributed by atoms with Crippen molar-refractivity contribution in [2.45, 2.75) is 32.1 Å². The second-order valence-corrected chi connectivity index (χ2v) is 5.46. The van der Waals surface area contributed by atoms with E-state index in [2.05, 4.69) is 0 Å². The van der Waals surface area contributed by atoms with E-state index in [-0.39, 0.29) is 0 Å². The van der Waals surface area contributed by atoms with Crippen molar-refractivity contribution in [3.05, 3.63) is 60.2 Å². The lowest BCUT2D eigenvalue weighted by atomic mass is 10.1. The standard InChI is InChI=1S/C20H24O3/c21-17-18-11-13-20(14-12-18)23-16-8-3-1-2-7-15-22-19-9-5-4-6-10-19/h4-6,9-14,17H,1-3,7-8,15-16H2. The lowest BCUT2D eigenvalue weighted by Crippen LogP contribution is -1.99. The summed E-state index contributed by atoms with van der Waals surface area (Å²) >= 11 is 0. The van der Waals surface area contributed by atoms with Crippen LogP contribution < -0.4 is 9.47 Å². The van der Waals surface area contributed by atoms with Gasteiger partial charge in [0.1, 0.15) is 17.8 Å². The predicted molar refractivity (Wildman–Crippen MR) is 92.3 cm³/mol. The van der Waals surface area contributed by atoms with Gasteiger partial charge < -0.3 is 9.47 Å². The molecule has 0 aliphatic rings. The molecule has 122 valence electrons. The maximum atomic E-state index is 10.6. The highest BCUT2D eigenvalue weighted by Crippen LogP contribution is 2.13. The first kappa shape index (κ1) is 17.1. The van der Waals surface area contributed by atoms with E-state index >= 15 is 0 Å². The van der Waals surface area contributed by atoms with Gasteiger partial charge in [-0.25, -0.2) is 0 Å². The number of carbonyl (C=O) groups excluding carboxylic acids is 1. The van der Waals surface area contributed by atoms with Crippen LogP contribution in [0, 0.1) is 0 Å². The molecule has 0 fully saturated rings. The van der Waals surface area contributed by atoms with E-state index in [0.717, 1.165) is 50.3 Å². The largest absolute Gasteiger partial charge is 0.494 e. The number of aldehydes is 1. The van der Waals surface area contributed by atoms with Gasteiger partial charge in [0.15, 0.2) is 0 Å². The van der Waals surface area contributed by atoms with Crippen LogP contribution in [0.1, 0.15) is 42.5 Å². The molecule has 0 bridgehead atoms. The van der Waals surface area contributed by atoms with Gasteiger partial charge in [-0.3, -0.25) is 4.79 Å². The molecule has 0 aromatic heterocycles. The fourth-order valence-corrected chi connectivity index (χ4v) is 2.27. The van der Waals surface area contributed by atoms with E-state index in [4.69, 9.17) is 9.47 Å². The van der Waals surface area contributed by atoms with Crippen molar-refractivity contribution in [1.82, 2.24) is 0 Å². The van der Waals surface area contributed by atoms with Crippen LogP contribution in [0.25, 0.3) is 0 Å². The summed E-state index contributed by atoms with van der Waals surface area (Å²) < 4.78 is 11.3. The molecule has 0 aliphatic heterocycles. The summed E-state index contributed by atoms with van der Waals surface area (Å²) in [5.74, 6) is 1.77. The van der Waals surface area contributed by atoms with Crippen molar-refractivity contribution in [1.29, 1.82) is 0 Å². The molecule has 2 aromatic carbocycles. The highest BCUT2D eigenvalue weighted by Gasteiger charge is 1.96. The second kappa shape index (κ2) is 10.4. The summed E-state index contributed by atoms with van der Waals surface area (Å²) in [7, 11) is 0. The molecule has 2 aromatic rings. The zero-order valence-corrected chi connectivity index (χ0v) is 13.4. The molecule has 0 unspecified atom stereocenters. The Hall–Kier alpha value is -2.29. The first-order chi connectivity index (χ1) is 11.4. The van der Waals surface area contributed by atoms with Gasteiger partial charge in [-0.1, -0.05) is 37.5 Å². The van der Waals surface area contributed by atoms with Gasteiger partial charge >= 0.3 is 0 Å². The average Bonchev–Trinajstić information content (AvgIpc) is 2.61. The van der Waals surface area contributed by atoms with Gasteiger partial charge in [0, 0.05) is 5.56 Å². The molecule has 0 saturated carbocycles. The van der Waals surface area contributed by atoms with Crippen LogP contribution in [-0.2, 0) is 0 Å². The van der Waals surface area contributed by atoms with Crippen LogP contribution in [0.4, 0.5) is 0 Å². The number of para-hydroxylation sites is 1. The third-order valence-corrected chi connectivity index (χ3v) is 3.59. The van der Waals surface area contributed by atoms with E-state index in [9.17, 15) is 4.79 Å². The second-order valence-electron chi connectivity index (χ2n) is 5.46. The zero-order valence-electron chi connectivity index (χ0n) is 13.4. The molecule has 0 atom stereocenters. The summed E-state index contributed by atoms with van der Waals surface area (Å²) in [6.45, 7) is 1.50. The monoisotopic (exact) mass is 312 g/mol. The van der Waals surface area contributed by atoms with Gasteiger partial charge in [-0.05, 0) is 49.2 Å². The molecule has 0 radical (unpaired) electrons. The Kier molecular flexibility index (Phi) is 7.75. The van der Waals surface area contributed by atoms with Gasteiger partial charge in [0.2, 0.25) is 0 Å². The summed E-state index contributed by atoms with van der Waals surface area (Å²) in [6.07, 6.45) is 6.52. The third-order valence-electron chi connectivity index (χ3n) is 3.59. The Labute approximate surface area is 138 Å². The smallest absolute Gasteiger partial charge is 0.150 e. The summed E-state index contributed by atoms with van der Waals surface area (Å²) in [4.78, 5) is 10.6. The highest BCUT2D eigenvalue weighted by atomic mass is 16.5. The lowest BCUT2D eigenvalue weighted by Gasteiger charge is -2.07. The van der Waals surface area contributed by atoms with Gasteiger partial charge in [-0.2, -0.15) is 0 Å². The molecule has 0 N–H and O–H groups in total. The van der Waals surface area contributed by atoms with E-state index in [1.807, 2.05) is 42.5 Å². The first-order valence-electron chi connectivity index (χ1n) is 8.24. The number of unbranched alkanes of at least 4 members (excludes halogenated alkanes) is 4. The molecule has 0 heterocycles. The molecule has 0 spiro atoms. The van der Waals surface area contributed by atoms with Crippen LogP contribution in [0.2, 0.25) is 0 Å². The molecule has 0 saturated heterocycles. The minimum atomic E-state index is 0.676. The van der Waals surface area contributed by atoms with Crippen LogP contribution in [0.3, 0.4) is 0 Å². The predicted octanol–water partition coefficient (Wildman–Crippen LogP) is 4.91. The number of hydrogen-bond acceptors (Lipinski definition) is 3. The van der Waals surface area contributed by atoms with Gasteiger partial charge in [0.05, 0.1) is 13.2 Å². The molecule has 0 aliphatic carbocycles. The van der Waals surface area contributed by atoms with Crippen LogP contribution in [0.15, 0.2) is 54.6 Å². The van der Waals surface area contributed by atoms with E-state index < -0.39 is 0 Å². The van der Waals surface area contributed by atoms with Crippen molar-refractivity contribution >= 4 is 6.29 Å². The van der Waals surface area contributed by atoms with Gasteiger partial charge in [0.25, 0.3) is 0 Å². The van der Waals surface area contributed by atoms with Crippen LogP contribution >= 0.6 is 0 Å². The Morgan fingerprint density at radius 3 is 1.74 bits per heavy atom. The molecule has 3 nitrogen and oxygen atoms in total. The van der Waals surface area contributed by atoms with Crippen LogP contribution in [0.5, 0.6) is 11.5 Å². The Morgan fingerprint density at radius 2 is 1.17 bits per heavy atom. The molecular weight excluding hydrogens is 288 g/mol. The average molecular weight is 312 g/mol. The topological polar surface area (TPSA) is 35.5 Å². The Morgan fingerprint density at radius 1 is 0.652 bits per heavy atom. The number of ether oxygens (including phenoxy) is 2. The van der Waals surface area contributed by atoms with E-state index in [1.165, 1.54) is 12.8 Å². The molecule has 3 heteroatoms. The molecule has 2 rings (SSSR count). The van der Waals surface area contributed by atoms with E-state index in [0.29, 0.717) is 5.56 Å². The third kappa shape index (κ3) is 7.00. The normalized spacial score (nSPS) is 10.3. The van der Waals surface area contributed by atoms with Crippen molar-refractivity contribution in [3.63, 3.8) is 0 Å². The maximum Gasteiger partial charge on any atom is 0.150 e. The fourth-order valence-electron chi connectivity index (χ4n) is 2.27. The quantitative estimate of drug-likeness (QED) is 0.437. The number of benzene rings is 2.